The van der Waals surface area contributed by atoms with Crippen molar-refractivity contribution in [3.8, 4) is 17.1 Å². The predicted molar refractivity (Wildman–Crippen MR) is 81.6 cm³/mol. The third-order valence-corrected chi connectivity index (χ3v) is 3.88. The van der Waals surface area contributed by atoms with E-state index in [0.29, 0.717) is 11.7 Å². The summed E-state index contributed by atoms with van der Waals surface area (Å²) < 4.78 is 7.13. The molecule has 0 bridgehead atoms. The Kier molecular flexibility index (Phi) is 3.23. The minimum atomic E-state index is 0.546. The van der Waals surface area contributed by atoms with Crippen molar-refractivity contribution in [1.29, 1.82) is 0 Å². The van der Waals surface area contributed by atoms with Gasteiger partial charge in [0.15, 0.2) is 5.82 Å². The van der Waals surface area contributed by atoms with Crippen molar-refractivity contribution >= 4 is 0 Å². The Morgan fingerprint density at radius 1 is 1.23 bits per heavy atom. The molecule has 3 heterocycles. The first kappa shape index (κ1) is 13.2. The van der Waals surface area contributed by atoms with Crippen LogP contribution in [0.5, 0.6) is 0 Å². The molecule has 0 saturated heterocycles. The SMILES string of the molecule is Cc1noc(-c2ccc(-n3cc4c(n3)CNCCC4)cc2)n1. The molecule has 2 aromatic heterocycles. The van der Waals surface area contributed by atoms with Gasteiger partial charge in [-0.05, 0) is 56.1 Å². The maximum absolute atomic E-state index is 5.18. The van der Waals surface area contributed by atoms with Gasteiger partial charge in [0, 0.05) is 18.3 Å². The standard InChI is InChI=1S/C16H17N5O/c1-11-18-16(22-20-11)12-4-6-14(7-5-12)21-10-13-3-2-8-17-9-15(13)19-21/h4-7,10,17H,2-3,8-9H2,1H3. The lowest BCUT2D eigenvalue weighted by molar-refractivity contribution is 0.425. The summed E-state index contributed by atoms with van der Waals surface area (Å²) in [4.78, 5) is 4.24. The highest BCUT2D eigenvalue weighted by Crippen LogP contribution is 2.21. The Labute approximate surface area is 128 Å². The lowest BCUT2D eigenvalue weighted by Crippen LogP contribution is -2.13. The van der Waals surface area contributed by atoms with E-state index in [-0.39, 0.29) is 0 Å². The molecule has 0 fully saturated rings. The van der Waals surface area contributed by atoms with E-state index in [2.05, 4.69) is 21.7 Å². The van der Waals surface area contributed by atoms with Crippen LogP contribution in [0.2, 0.25) is 0 Å². The van der Waals surface area contributed by atoms with Gasteiger partial charge in [0.25, 0.3) is 5.89 Å². The molecule has 0 unspecified atom stereocenters. The van der Waals surface area contributed by atoms with Crippen LogP contribution in [0, 0.1) is 6.92 Å². The van der Waals surface area contributed by atoms with Crippen molar-refractivity contribution in [2.75, 3.05) is 6.54 Å². The summed E-state index contributed by atoms with van der Waals surface area (Å²) in [6.07, 6.45) is 4.38. The lowest BCUT2D eigenvalue weighted by Gasteiger charge is -2.02. The van der Waals surface area contributed by atoms with Gasteiger partial charge in [-0.3, -0.25) is 0 Å². The van der Waals surface area contributed by atoms with E-state index in [1.54, 1.807) is 0 Å². The fraction of sp³-hybridized carbons (Fsp3) is 0.312. The maximum atomic E-state index is 5.18. The van der Waals surface area contributed by atoms with Gasteiger partial charge in [-0.1, -0.05) is 5.16 Å². The zero-order valence-electron chi connectivity index (χ0n) is 12.4. The van der Waals surface area contributed by atoms with E-state index in [0.717, 1.165) is 42.9 Å². The van der Waals surface area contributed by atoms with Crippen LogP contribution in [-0.2, 0) is 13.0 Å². The molecule has 1 aliphatic heterocycles. The molecule has 0 atom stereocenters. The Hall–Kier alpha value is -2.47. The summed E-state index contributed by atoms with van der Waals surface area (Å²) in [6.45, 7) is 3.72. The van der Waals surface area contributed by atoms with E-state index in [1.165, 1.54) is 5.56 Å². The first-order valence-corrected chi connectivity index (χ1v) is 7.49. The van der Waals surface area contributed by atoms with Crippen LogP contribution >= 0.6 is 0 Å². The maximum Gasteiger partial charge on any atom is 0.257 e. The fourth-order valence-electron chi connectivity index (χ4n) is 2.72. The van der Waals surface area contributed by atoms with Crippen LogP contribution < -0.4 is 5.32 Å². The second kappa shape index (κ2) is 5.38. The van der Waals surface area contributed by atoms with E-state index in [9.17, 15) is 0 Å². The number of aromatic nitrogens is 4. The van der Waals surface area contributed by atoms with Crippen LogP contribution in [0.1, 0.15) is 23.5 Å². The number of benzene rings is 1. The molecule has 3 aromatic rings. The first-order valence-electron chi connectivity index (χ1n) is 7.49. The Bertz CT molecular complexity index is 764. The largest absolute Gasteiger partial charge is 0.334 e. The molecule has 1 aromatic carbocycles. The second-order valence-electron chi connectivity index (χ2n) is 5.52. The molecule has 1 N–H and O–H groups in total. The van der Waals surface area contributed by atoms with Crippen LogP contribution in [-0.4, -0.2) is 26.5 Å². The number of nitrogens with one attached hydrogen (secondary N) is 1. The van der Waals surface area contributed by atoms with Gasteiger partial charge in [-0.2, -0.15) is 10.1 Å². The quantitative estimate of drug-likeness (QED) is 0.785. The molecule has 112 valence electrons. The molecule has 0 saturated carbocycles. The number of hydrogen-bond donors (Lipinski definition) is 1. The number of hydrogen-bond acceptors (Lipinski definition) is 5. The van der Waals surface area contributed by atoms with Crippen molar-refractivity contribution < 1.29 is 4.52 Å². The molecule has 1 aliphatic rings. The molecule has 0 radical (unpaired) electrons. The van der Waals surface area contributed by atoms with E-state index in [1.807, 2.05) is 35.9 Å². The number of rotatable bonds is 2. The van der Waals surface area contributed by atoms with Gasteiger partial charge < -0.3 is 9.84 Å². The van der Waals surface area contributed by atoms with E-state index >= 15 is 0 Å². The molecular weight excluding hydrogens is 278 g/mol. The number of fused-ring (bicyclic) bond motifs is 1. The normalized spacial score (nSPS) is 14.6. The molecule has 0 spiro atoms. The summed E-state index contributed by atoms with van der Waals surface area (Å²) >= 11 is 0. The minimum absolute atomic E-state index is 0.546. The van der Waals surface area contributed by atoms with Gasteiger partial charge in [-0.25, -0.2) is 4.68 Å². The van der Waals surface area contributed by atoms with Crippen LogP contribution in [0.15, 0.2) is 35.0 Å². The van der Waals surface area contributed by atoms with Crippen molar-refractivity contribution in [3.63, 3.8) is 0 Å². The molecule has 6 nitrogen and oxygen atoms in total. The molecule has 0 amide bonds. The van der Waals surface area contributed by atoms with Crippen LogP contribution in [0.3, 0.4) is 0 Å². The van der Waals surface area contributed by atoms with Crippen LogP contribution in [0.25, 0.3) is 17.1 Å². The second-order valence-corrected chi connectivity index (χ2v) is 5.52. The van der Waals surface area contributed by atoms with Gasteiger partial charge in [0.05, 0.1) is 11.4 Å². The fourth-order valence-corrected chi connectivity index (χ4v) is 2.72. The third-order valence-electron chi connectivity index (χ3n) is 3.88. The zero-order chi connectivity index (χ0) is 14.9. The summed E-state index contributed by atoms with van der Waals surface area (Å²) in [5.41, 5.74) is 4.43. The zero-order valence-corrected chi connectivity index (χ0v) is 12.4. The molecular formula is C16H17N5O. The summed E-state index contributed by atoms with van der Waals surface area (Å²) in [5, 5.41) is 11.9. The van der Waals surface area contributed by atoms with E-state index < -0.39 is 0 Å². The average molecular weight is 295 g/mol. The summed E-state index contributed by atoms with van der Waals surface area (Å²) in [5.74, 6) is 1.19. The van der Waals surface area contributed by atoms with Gasteiger partial charge in [0.1, 0.15) is 0 Å². The van der Waals surface area contributed by atoms with Crippen LogP contribution in [0.4, 0.5) is 0 Å². The smallest absolute Gasteiger partial charge is 0.257 e. The lowest BCUT2D eigenvalue weighted by atomic mass is 10.1. The first-order chi connectivity index (χ1) is 10.8. The summed E-state index contributed by atoms with van der Waals surface area (Å²) in [6, 6.07) is 8.00. The van der Waals surface area contributed by atoms with Gasteiger partial charge in [0.2, 0.25) is 0 Å². The number of aryl methyl sites for hydroxylation is 2. The molecule has 22 heavy (non-hydrogen) atoms. The molecule has 4 rings (SSSR count). The average Bonchev–Trinajstić information content (AvgIpc) is 3.09. The van der Waals surface area contributed by atoms with Crippen molar-refractivity contribution in [1.82, 2.24) is 25.2 Å². The van der Waals surface area contributed by atoms with Gasteiger partial charge in [-0.15, -0.1) is 0 Å². The third kappa shape index (κ3) is 2.42. The Morgan fingerprint density at radius 2 is 2.09 bits per heavy atom. The van der Waals surface area contributed by atoms with Crippen molar-refractivity contribution in [2.24, 2.45) is 0 Å². The topological polar surface area (TPSA) is 68.8 Å². The predicted octanol–water partition coefficient (Wildman–Crippen LogP) is 2.27. The highest BCUT2D eigenvalue weighted by atomic mass is 16.5. The Morgan fingerprint density at radius 3 is 2.86 bits per heavy atom. The van der Waals surface area contributed by atoms with Crippen molar-refractivity contribution in [2.45, 2.75) is 26.3 Å². The van der Waals surface area contributed by atoms with Crippen molar-refractivity contribution in [3.05, 3.63) is 47.5 Å². The molecule has 0 aliphatic carbocycles. The minimum Gasteiger partial charge on any atom is -0.334 e. The molecule has 6 heteroatoms. The number of nitrogens with zero attached hydrogens (tertiary/aromatic N) is 4. The monoisotopic (exact) mass is 295 g/mol. The van der Waals surface area contributed by atoms with Gasteiger partial charge >= 0.3 is 0 Å². The summed E-state index contributed by atoms with van der Waals surface area (Å²) in [7, 11) is 0. The highest BCUT2D eigenvalue weighted by Gasteiger charge is 2.13. The Balaban J connectivity index is 1.63. The van der Waals surface area contributed by atoms with E-state index in [4.69, 9.17) is 9.62 Å². The highest BCUT2D eigenvalue weighted by molar-refractivity contribution is 5.55.